The molecule has 0 aliphatic heterocycles. The molecule has 0 saturated carbocycles. The highest BCUT2D eigenvalue weighted by Gasteiger charge is 2.25. The molecular formula is C14H14F3NO3. The van der Waals surface area contributed by atoms with Gasteiger partial charge in [-0.2, -0.15) is 0 Å². The van der Waals surface area contributed by atoms with Crippen LogP contribution in [0.5, 0.6) is 0 Å². The van der Waals surface area contributed by atoms with Crippen molar-refractivity contribution in [3.63, 3.8) is 0 Å². The van der Waals surface area contributed by atoms with Crippen LogP contribution in [0.15, 0.2) is 23.9 Å². The summed E-state index contributed by atoms with van der Waals surface area (Å²) in [6, 6.07) is 0.657. The van der Waals surface area contributed by atoms with Crippen molar-refractivity contribution in [1.82, 2.24) is 5.32 Å². The van der Waals surface area contributed by atoms with E-state index in [2.05, 4.69) is 10.1 Å². The van der Waals surface area contributed by atoms with Crippen molar-refractivity contribution < 1.29 is 27.5 Å². The molecule has 1 rings (SSSR count). The van der Waals surface area contributed by atoms with E-state index in [1.165, 1.54) is 6.92 Å². The highest BCUT2D eigenvalue weighted by molar-refractivity contribution is 6.24. The molecule has 0 saturated heterocycles. The van der Waals surface area contributed by atoms with E-state index in [0.717, 1.165) is 6.20 Å². The summed E-state index contributed by atoms with van der Waals surface area (Å²) in [5, 5.41) is 2.61. The molecule has 0 heterocycles. The molecule has 1 aromatic rings. The van der Waals surface area contributed by atoms with E-state index in [4.69, 9.17) is 0 Å². The smallest absolute Gasteiger partial charge is 0.343 e. The second-order valence-corrected chi connectivity index (χ2v) is 3.91. The molecule has 114 valence electrons. The third-order valence-corrected chi connectivity index (χ3v) is 2.45. The lowest BCUT2D eigenvalue weighted by Crippen LogP contribution is -2.20. The number of esters is 1. The largest absolute Gasteiger partial charge is 0.462 e. The molecule has 0 aromatic heterocycles. The monoisotopic (exact) mass is 301 g/mol. The molecule has 0 atom stereocenters. The maximum Gasteiger partial charge on any atom is 0.343 e. The fraction of sp³-hybridized carbons (Fsp3) is 0.286. The highest BCUT2D eigenvalue weighted by Crippen LogP contribution is 2.18. The van der Waals surface area contributed by atoms with E-state index in [1.54, 1.807) is 6.92 Å². The number of carbonyl (C=O) groups is 2. The number of carbonyl (C=O) groups excluding carboxylic acids is 2. The number of ether oxygens (including phenoxy) is 1. The summed E-state index contributed by atoms with van der Waals surface area (Å²) in [7, 11) is 0. The van der Waals surface area contributed by atoms with Gasteiger partial charge in [-0.1, -0.05) is 0 Å². The van der Waals surface area contributed by atoms with Crippen molar-refractivity contribution in [2.45, 2.75) is 13.8 Å². The first-order chi connectivity index (χ1) is 9.92. The van der Waals surface area contributed by atoms with Gasteiger partial charge in [-0.3, -0.25) is 4.79 Å². The standard InChI is InChI=1S/C14H14F3NO3/c1-3-18-7-9(14(20)21-4-2)13(19)8-5-11(16)12(17)6-10(8)15/h5-7,18H,3-4H2,1-2H3/b9-7-. The van der Waals surface area contributed by atoms with Crippen molar-refractivity contribution in [2.24, 2.45) is 0 Å². The first kappa shape index (κ1) is 16.7. The molecule has 21 heavy (non-hydrogen) atoms. The van der Waals surface area contributed by atoms with Crippen molar-refractivity contribution in [3.8, 4) is 0 Å². The Bertz CT molecular complexity index is 585. The molecule has 0 amide bonds. The number of halogens is 3. The van der Waals surface area contributed by atoms with Gasteiger partial charge in [0.05, 0.1) is 12.2 Å². The van der Waals surface area contributed by atoms with Gasteiger partial charge in [0.1, 0.15) is 11.4 Å². The number of benzene rings is 1. The number of hydrogen-bond donors (Lipinski definition) is 1. The van der Waals surface area contributed by atoms with Crippen LogP contribution in [0.3, 0.4) is 0 Å². The van der Waals surface area contributed by atoms with Crippen molar-refractivity contribution in [1.29, 1.82) is 0 Å². The maximum atomic E-state index is 13.6. The third kappa shape index (κ3) is 4.08. The number of rotatable bonds is 6. The van der Waals surface area contributed by atoms with Gasteiger partial charge < -0.3 is 10.1 Å². The van der Waals surface area contributed by atoms with E-state index in [9.17, 15) is 22.8 Å². The van der Waals surface area contributed by atoms with E-state index in [0.29, 0.717) is 12.6 Å². The van der Waals surface area contributed by atoms with Crippen LogP contribution in [-0.4, -0.2) is 24.9 Å². The molecule has 0 spiro atoms. The first-order valence-electron chi connectivity index (χ1n) is 6.22. The van der Waals surface area contributed by atoms with Gasteiger partial charge in [0.25, 0.3) is 0 Å². The predicted octanol–water partition coefficient (Wildman–Crippen LogP) is 2.34. The van der Waals surface area contributed by atoms with Gasteiger partial charge in [-0.25, -0.2) is 18.0 Å². The van der Waals surface area contributed by atoms with E-state index in [-0.39, 0.29) is 12.7 Å². The Morgan fingerprint density at radius 2 is 1.76 bits per heavy atom. The molecular weight excluding hydrogens is 287 g/mol. The minimum absolute atomic E-state index is 0.00976. The van der Waals surface area contributed by atoms with Gasteiger partial charge in [-0.05, 0) is 19.9 Å². The summed E-state index contributed by atoms with van der Waals surface area (Å²) >= 11 is 0. The molecule has 0 unspecified atom stereocenters. The first-order valence-corrected chi connectivity index (χ1v) is 6.22. The van der Waals surface area contributed by atoms with Crippen LogP contribution in [0.2, 0.25) is 0 Å². The highest BCUT2D eigenvalue weighted by atomic mass is 19.2. The second-order valence-electron chi connectivity index (χ2n) is 3.91. The molecule has 0 aliphatic carbocycles. The molecule has 1 aromatic carbocycles. The van der Waals surface area contributed by atoms with E-state index >= 15 is 0 Å². The molecule has 0 radical (unpaired) electrons. The molecule has 4 nitrogen and oxygen atoms in total. The van der Waals surface area contributed by atoms with Gasteiger partial charge in [0, 0.05) is 18.8 Å². The van der Waals surface area contributed by atoms with Crippen molar-refractivity contribution in [2.75, 3.05) is 13.2 Å². The summed E-state index contributed by atoms with van der Waals surface area (Å²) in [4.78, 5) is 23.8. The zero-order chi connectivity index (χ0) is 16.0. The van der Waals surface area contributed by atoms with Crippen LogP contribution in [0.4, 0.5) is 13.2 Å². The Morgan fingerprint density at radius 1 is 1.14 bits per heavy atom. The normalized spacial score (nSPS) is 11.2. The van der Waals surface area contributed by atoms with Crippen LogP contribution in [0.1, 0.15) is 24.2 Å². The molecule has 0 bridgehead atoms. The number of nitrogens with one attached hydrogen (secondary N) is 1. The molecule has 0 fully saturated rings. The van der Waals surface area contributed by atoms with Crippen molar-refractivity contribution in [3.05, 3.63) is 46.9 Å². The Hall–Kier alpha value is -2.31. The van der Waals surface area contributed by atoms with Gasteiger partial charge in [-0.15, -0.1) is 0 Å². The minimum atomic E-state index is -1.42. The molecule has 1 N–H and O–H groups in total. The quantitative estimate of drug-likeness (QED) is 0.219. The lowest BCUT2D eigenvalue weighted by atomic mass is 10.0. The van der Waals surface area contributed by atoms with E-state index < -0.39 is 40.3 Å². The average molecular weight is 301 g/mol. The van der Waals surface area contributed by atoms with Gasteiger partial charge >= 0.3 is 5.97 Å². The fourth-order valence-corrected chi connectivity index (χ4v) is 1.47. The van der Waals surface area contributed by atoms with Crippen LogP contribution in [0, 0.1) is 17.5 Å². The summed E-state index contributed by atoms with van der Waals surface area (Å²) in [5.74, 6) is -6.13. The Balaban J connectivity index is 3.23. The lowest BCUT2D eigenvalue weighted by molar-refractivity contribution is -0.138. The summed E-state index contributed by atoms with van der Waals surface area (Å²) < 4.78 is 44.3. The lowest BCUT2D eigenvalue weighted by Gasteiger charge is -2.08. The maximum absolute atomic E-state index is 13.6. The van der Waals surface area contributed by atoms with Gasteiger partial charge in [0.2, 0.25) is 5.78 Å². The van der Waals surface area contributed by atoms with E-state index in [1.807, 2.05) is 0 Å². The average Bonchev–Trinajstić information content (AvgIpc) is 2.43. The van der Waals surface area contributed by atoms with Crippen molar-refractivity contribution >= 4 is 11.8 Å². The molecule has 7 heteroatoms. The van der Waals surface area contributed by atoms with Crippen LogP contribution < -0.4 is 5.32 Å². The fourth-order valence-electron chi connectivity index (χ4n) is 1.47. The third-order valence-electron chi connectivity index (χ3n) is 2.45. The molecule has 0 aliphatic rings. The Morgan fingerprint density at radius 3 is 2.33 bits per heavy atom. The number of ketones is 1. The summed E-state index contributed by atoms with van der Waals surface area (Å²) in [6.07, 6.45) is 1.06. The zero-order valence-corrected chi connectivity index (χ0v) is 11.5. The minimum Gasteiger partial charge on any atom is -0.462 e. The number of hydrogen-bond acceptors (Lipinski definition) is 4. The zero-order valence-electron chi connectivity index (χ0n) is 11.5. The Labute approximate surface area is 119 Å². The topological polar surface area (TPSA) is 55.4 Å². The van der Waals surface area contributed by atoms with Crippen LogP contribution >= 0.6 is 0 Å². The van der Waals surface area contributed by atoms with Gasteiger partial charge in [0.15, 0.2) is 11.6 Å². The number of Topliss-reactive ketones (excluding diaryl/α,β-unsaturated/α-hetero) is 1. The predicted molar refractivity (Wildman–Crippen MR) is 69.0 cm³/mol. The van der Waals surface area contributed by atoms with Crippen LogP contribution in [0.25, 0.3) is 0 Å². The van der Waals surface area contributed by atoms with Crippen LogP contribution in [-0.2, 0) is 9.53 Å². The Kier molecular flexibility index (Phi) is 5.95. The SMILES string of the molecule is CCN/C=C(\C(=O)OCC)C(=O)c1cc(F)c(F)cc1F. The summed E-state index contributed by atoms with van der Waals surface area (Å²) in [5.41, 5.74) is -1.24. The summed E-state index contributed by atoms with van der Waals surface area (Å²) in [6.45, 7) is 3.65. The second kappa shape index (κ2) is 7.47.